The number of rotatable bonds is 0. The quantitative estimate of drug-likeness (QED) is 0.600. The molecule has 0 saturated carbocycles. The molecule has 3 rings (SSSR count). The number of benzene rings is 2. The number of para-hydroxylation sites is 3. The van der Waals surface area contributed by atoms with E-state index in [9.17, 15) is 5.11 Å². The molecule has 1 heterocycles. The molecule has 0 aliphatic carbocycles. The summed E-state index contributed by atoms with van der Waals surface area (Å²) in [5.41, 5.74) is 2.91. The molecule has 0 radical (unpaired) electrons. The van der Waals surface area contributed by atoms with Gasteiger partial charge in [-0.3, -0.25) is 0 Å². The summed E-state index contributed by atoms with van der Waals surface area (Å²) in [6.45, 7) is 8.00. The third-order valence-corrected chi connectivity index (χ3v) is 2.35. The monoisotopic (exact) mass is 256 g/mol. The first-order chi connectivity index (χ1) is 9.34. The van der Waals surface area contributed by atoms with E-state index in [-0.39, 0.29) is 5.75 Å². The molecule has 3 heteroatoms. The first-order valence-electron chi connectivity index (χ1n) is 6.69. The molecule has 0 aliphatic heterocycles. The van der Waals surface area contributed by atoms with Crippen LogP contribution in [0, 0.1) is 0 Å². The lowest BCUT2D eigenvalue weighted by molar-refractivity contribution is 0.480. The minimum atomic E-state index is 0.172. The molecule has 0 bridgehead atoms. The minimum absolute atomic E-state index is 0.172. The predicted octanol–water partition coefficient (Wildman–Crippen LogP) is 4.54. The molecule has 1 aromatic heterocycles. The van der Waals surface area contributed by atoms with Gasteiger partial charge in [-0.2, -0.15) is 0 Å². The minimum Gasteiger partial charge on any atom is -0.506 e. The van der Waals surface area contributed by atoms with Gasteiger partial charge in [0.25, 0.3) is 0 Å². The molecule has 0 unspecified atom stereocenters. The van der Waals surface area contributed by atoms with E-state index in [0.29, 0.717) is 11.0 Å². The van der Waals surface area contributed by atoms with Crippen molar-refractivity contribution in [3.05, 3.63) is 42.5 Å². The lowest BCUT2D eigenvalue weighted by atomic mass is 10.2. The van der Waals surface area contributed by atoms with Crippen LogP contribution in [0.3, 0.4) is 0 Å². The summed E-state index contributed by atoms with van der Waals surface area (Å²) in [7, 11) is 0. The number of phenolic OH excluding ortho intramolecular Hbond substituents is 1. The molecule has 2 aromatic carbocycles. The largest absolute Gasteiger partial charge is 0.506 e. The summed E-state index contributed by atoms with van der Waals surface area (Å²) < 4.78 is 0. The maximum Gasteiger partial charge on any atom is 0.143 e. The Morgan fingerprint density at radius 1 is 0.684 bits per heavy atom. The van der Waals surface area contributed by atoms with Crippen LogP contribution in [0.2, 0.25) is 0 Å². The Hall–Kier alpha value is -2.16. The van der Waals surface area contributed by atoms with E-state index >= 15 is 0 Å². The summed E-state index contributed by atoms with van der Waals surface area (Å²) >= 11 is 0. The first-order valence-corrected chi connectivity index (χ1v) is 6.69. The van der Waals surface area contributed by atoms with E-state index in [4.69, 9.17) is 0 Å². The maximum atomic E-state index is 9.63. The van der Waals surface area contributed by atoms with E-state index in [1.807, 2.05) is 58.0 Å². The molecular weight excluding hydrogens is 236 g/mol. The van der Waals surface area contributed by atoms with Crippen molar-refractivity contribution in [2.75, 3.05) is 0 Å². The predicted molar refractivity (Wildman–Crippen MR) is 81.4 cm³/mol. The Kier molecular flexibility index (Phi) is 5.73. The van der Waals surface area contributed by atoms with Crippen LogP contribution < -0.4 is 0 Å². The van der Waals surface area contributed by atoms with Crippen molar-refractivity contribution >= 4 is 22.1 Å². The topological polar surface area (TPSA) is 46.0 Å². The van der Waals surface area contributed by atoms with E-state index in [0.717, 1.165) is 11.0 Å². The van der Waals surface area contributed by atoms with Crippen LogP contribution >= 0.6 is 0 Å². The summed E-state index contributed by atoms with van der Waals surface area (Å²) in [6.07, 6.45) is 0. The van der Waals surface area contributed by atoms with Gasteiger partial charge in [-0.05, 0) is 24.3 Å². The van der Waals surface area contributed by atoms with Crippen LogP contribution in [-0.2, 0) is 0 Å². The highest BCUT2D eigenvalue weighted by atomic mass is 16.3. The second-order valence-corrected chi connectivity index (χ2v) is 3.36. The van der Waals surface area contributed by atoms with Gasteiger partial charge in [0.1, 0.15) is 11.3 Å². The average molecular weight is 256 g/mol. The standard InChI is InChI=1S/C12H8N2O.2C2H6/c15-11-7-3-6-10-12(11)14-9-5-2-1-4-8(9)13-10;2*1-2/h1-7,15H;2*1-2H3. The van der Waals surface area contributed by atoms with Gasteiger partial charge in [0.2, 0.25) is 0 Å². The van der Waals surface area contributed by atoms with E-state index in [2.05, 4.69) is 9.97 Å². The van der Waals surface area contributed by atoms with Crippen molar-refractivity contribution in [1.29, 1.82) is 0 Å². The maximum absolute atomic E-state index is 9.63. The second kappa shape index (κ2) is 7.31. The fourth-order valence-corrected chi connectivity index (χ4v) is 1.63. The molecule has 0 fully saturated rings. The molecule has 100 valence electrons. The van der Waals surface area contributed by atoms with Gasteiger partial charge >= 0.3 is 0 Å². The smallest absolute Gasteiger partial charge is 0.143 e. The van der Waals surface area contributed by atoms with Gasteiger partial charge in [0.05, 0.1) is 16.6 Å². The van der Waals surface area contributed by atoms with Gasteiger partial charge in [-0.25, -0.2) is 9.97 Å². The third kappa shape index (κ3) is 3.19. The van der Waals surface area contributed by atoms with Gasteiger partial charge in [0.15, 0.2) is 0 Å². The van der Waals surface area contributed by atoms with Crippen molar-refractivity contribution in [3.63, 3.8) is 0 Å². The van der Waals surface area contributed by atoms with Crippen LogP contribution in [0.1, 0.15) is 27.7 Å². The van der Waals surface area contributed by atoms with Crippen LogP contribution in [-0.4, -0.2) is 15.1 Å². The van der Waals surface area contributed by atoms with Crippen molar-refractivity contribution < 1.29 is 5.11 Å². The molecule has 0 amide bonds. The zero-order valence-corrected chi connectivity index (χ0v) is 11.9. The number of fused-ring (bicyclic) bond motifs is 2. The number of aromatic nitrogens is 2. The number of hydrogen-bond donors (Lipinski definition) is 1. The van der Waals surface area contributed by atoms with Crippen LogP contribution in [0.25, 0.3) is 22.1 Å². The van der Waals surface area contributed by atoms with Crippen molar-refractivity contribution in [2.24, 2.45) is 0 Å². The molecule has 3 nitrogen and oxygen atoms in total. The van der Waals surface area contributed by atoms with Crippen molar-refractivity contribution in [3.8, 4) is 5.75 Å². The van der Waals surface area contributed by atoms with Gasteiger partial charge in [-0.1, -0.05) is 45.9 Å². The Morgan fingerprint density at radius 3 is 1.84 bits per heavy atom. The number of nitrogens with zero attached hydrogens (tertiary/aromatic N) is 2. The third-order valence-electron chi connectivity index (χ3n) is 2.35. The Bertz CT molecular complexity index is 650. The van der Waals surface area contributed by atoms with Gasteiger partial charge < -0.3 is 5.11 Å². The zero-order chi connectivity index (χ0) is 14.3. The highest BCUT2D eigenvalue weighted by Crippen LogP contribution is 2.22. The average Bonchev–Trinajstić information content (AvgIpc) is 2.50. The lowest BCUT2D eigenvalue weighted by Gasteiger charge is -2.01. The fourth-order valence-electron chi connectivity index (χ4n) is 1.63. The first kappa shape index (κ1) is 14.9. The Labute approximate surface area is 113 Å². The Balaban J connectivity index is 0.000000415. The van der Waals surface area contributed by atoms with E-state index < -0.39 is 0 Å². The molecule has 3 aromatic rings. The molecule has 0 atom stereocenters. The van der Waals surface area contributed by atoms with Crippen LogP contribution in [0.4, 0.5) is 0 Å². The van der Waals surface area contributed by atoms with Crippen LogP contribution in [0.15, 0.2) is 42.5 Å². The molecular formula is C16H20N2O. The van der Waals surface area contributed by atoms with Gasteiger partial charge in [0, 0.05) is 0 Å². The molecule has 0 saturated heterocycles. The summed E-state index contributed by atoms with van der Waals surface area (Å²) in [5, 5.41) is 9.63. The number of phenols is 1. The normalized spacial score (nSPS) is 9.26. The fraction of sp³-hybridized carbons (Fsp3) is 0.250. The number of hydrogen-bond acceptors (Lipinski definition) is 3. The molecule has 1 N–H and O–H groups in total. The second-order valence-electron chi connectivity index (χ2n) is 3.36. The highest BCUT2D eigenvalue weighted by Gasteiger charge is 2.03. The van der Waals surface area contributed by atoms with Crippen LogP contribution in [0.5, 0.6) is 5.75 Å². The Morgan fingerprint density at radius 2 is 1.21 bits per heavy atom. The van der Waals surface area contributed by atoms with Gasteiger partial charge in [-0.15, -0.1) is 0 Å². The summed E-state index contributed by atoms with van der Waals surface area (Å²) in [5.74, 6) is 0.172. The zero-order valence-electron chi connectivity index (χ0n) is 11.9. The SMILES string of the molecule is CC.CC.Oc1cccc2nc3ccccc3nc12. The lowest BCUT2D eigenvalue weighted by Crippen LogP contribution is -1.86. The number of aromatic hydroxyl groups is 1. The summed E-state index contributed by atoms with van der Waals surface area (Å²) in [6, 6.07) is 12.8. The van der Waals surface area contributed by atoms with E-state index in [1.165, 1.54) is 0 Å². The molecule has 19 heavy (non-hydrogen) atoms. The van der Waals surface area contributed by atoms with E-state index in [1.54, 1.807) is 12.1 Å². The molecule has 0 spiro atoms. The summed E-state index contributed by atoms with van der Waals surface area (Å²) in [4.78, 5) is 8.78. The van der Waals surface area contributed by atoms with Crippen molar-refractivity contribution in [1.82, 2.24) is 9.97 Å². The molecule has 0 aliphatic rings. The van der Waals surface area contributed by atoms with Crippen molar-refractivity contribution in [2.45, 2.75) is 27.7 Å². The highest BCUT2D eigenvalue weighted by molar-refractivity contribution is 5.89.